The van der Waals surface area contributed by atoms with Crippen molar-refractivity contribution < 1.29 is 4.79 Å². The number of aromatic nitrogens is 3. The molecule has 27 heavy (non-hydrogen) atoms. The lowest BCUT2D eigenvalue weighted by Gasteiger charge is -2.34. The first-order chi connectivity index (χ1) is 13.3. The molecular weight excluding hydrogens is 338 g/mol. The van der Waals surface area contributed by atoms with Crippen molar-refractivity contribution in [3.05, 3.63) is 83.9 Å². The van der Waals surface area contributed by atoms with Crippen LogP contribution < -0.4 is 5.32 Å². The molecule has 1 aromatic carbocycles. The van der Waals surface area contributed by atoms with Gasteiger partial charge in [0.15, 0.2) is 0 Å². The van der Waals surface area contributed by atoms with Crippen LogP contribution in [0.5, 0.6) is 0 Å². The van der Waals surface area contributed by atoms with E-state index in [1.54, 1.807) is 24.5 Å². The SMILES string of the molecule is O=C(NCCC1CN(Cc2ccccc2)Cc2ccnn21)c1cccnc1. The van der Waals surface area contributed by atoms with E-state index in [1.807, 2.05) is 12.3 Å². The molecule has 1 unspecified atom stereocenters. The van der Waals surface area contributed by atoms with Crippen molar-refractivity contribution in [1.29, 1.82) is 0 Å². The average molecular weight is 361 g/mol. The van der Waals surface area contributed by atoms with Crippen molar-refractivity contribution >= 4 is 5.91 Å². The Morgan fingerprint density at radius 2 is 2.00 bits per heavy atom. The zero-order valence-electron chi connectivity index (χ0n) is 15.2. The minimum atomic E-state index is -0.0826. The van der Waals surface area contributed by atoms with Crippen LogP contribution in [0, 0.1) is 0 Å². The lowest BCUT2D eigenvalue weighted by molar-refractivity contribution is 0.0946. The number of rotatable bonds is 6. The lowest BCUT2D eigenvalue weighted by atomic mass is 10.1. The highest BCUT2D eigenvalue weighted by molar-refractivity contribution is 5.93. The van der Waals surface area contributed by atoms with Gasteiger partial charge in [0.1, 0.15) is 0 Å². The summed E-state index contributed by atoms with van der Waals surface area (Å²) in [6.07, 6.45) is 5.96. The Labute approximate surface area is 158 Å². The number of hydrogen-bond donors (Lipinski definition) is 1. The highest BCUT2D eigenvalue weighted by Crippen LogP contribution is 2.24. The average Bonchev–Trinajstić information content (AvgIpc) is 3.18. The monoisotopic (exact) mass is 361 g/mol. The van der Waals surface area contributed by atoms with E-state index in [-0.39, 0.29) is 11.9 Å². The third-order valence-corrected chi connectivity index (χ3v) is 4.89. The van der Waals surface area contributed by atoms with Crippen molar-refractivity contribution in [2.45, 2.75) is 25.6 Å². The standard InChI is InChI=1S/C21H23N5O/c27-21(18-7-4-10-22-13-18)23-11-8-19-15-25(14-17-5-2-1-3-6-17)16-20-9-12-24-26(19)20/h1-7,9-10,12-13,19H,8,11,14-16H2,(H,23,27). The number of amides is 1. The second kappa shape index (κ2) is 8.14. The molecule has 1 N–H and O–H groups in total. The lowest BCUT2D eigenvalue weighted by Crippen LogP contribution is -2.39. The number of nitrogens with zero attached hydrogens (tertiary/aromatic N) is 4. The first kappa shape index (κ1) is 17.4. The Morgan fingerprint density at radius 3 is 2.81 bits per heavy atom. The third-order valence-electron chi connectivity index (χ3n) is 4.89. The van der Waals surface area contributed by atoms with Crippen LogP contribution in [0.1, 0.15) is 34.1 Å². The maximum Gasteiger partial charge on any atom is 0.252 e. The third kappa shape index (κ3) is 4.23. The number of nitrogens with one attached hydrogen (secondary N) is 1. The molecule has 3 aromatic rings. The van der Waals surface area contributed by atoms with Gasteiger partial charge in [0, 0.05) is 44.8 Å². The van der Waals surface area contributed by atoms with Crippen molar-refractivity contribution in [2.75, 3.05) is 13.1 Å². The molecular formula is C21H23N5O. The van der Waals surface area contributed by atoms with Crippen LogP contribution in [0.4, 0.5) is 0 Å². The summed E-state index contributed by atoms with van der Waals surface area (Å²) in [4.78, 5) is 18.6. The van der Waals surface area contributed by atoms with Crippen LogP contribution in [-0.4, -0.2) is 38.7 Å². The van der Waals surface area contributed by atoms with Gasteiger partial charge >= 0.3 is 0 Å². The molecule has 1 atom stereocenters. The van der Waals surface area contributed by atoms with Gasteiger partial charge in [0.2, 0.25) is 0 Å². The van der Waals surface area contributed by atoms with Gasteiger partial charge in [-0.25, -0.2) is 0 Å². The van der Waals surface area contributed by atoms with Gasteiger partial charge in [-0.05, 0) is 30.2 Å². The first-order valence-electron chi connectivity index (χ1n) is 9.26. The summed E-state index contributed by atoms with van der Waals surface area (Å²) in [7, 11) is 0. The fraction of sp³-hybridized carbons (Fsp3) is 0.286. The summed E-state index contributed by atoms with van der Waals surface area (Å²) in [6.45, 7) is 3.35. The highest BCUT2D eigenvalue weighted by Gasteiger charge is 2.25. The van der Waals surface area contributed by atoms with E-state index >= 15 is 0 Å². The van der Waals surface area contributed by atoms with Crippen LogP contribution in [0.3, 0.4) is 0 Å². The number of carbonyl (C=O) groups is 1. The maximum atomic E-state index is 12.2. The Balaban J connectivity index is 1.37. The van der Waals surface area contributed by atoms with Crippen molar-refractivity contribution in [2.24, 2.45) is 0 Å². The second-order valence-corrected chi connectivity index (χ2v) is 6.86. The summed E-state index contributed by atoms with van der Waals surface area (Å²) in [5.74, 6) is -0.0826. The largest absolute Gasteiger partial charge is 0.352 e. The van der Waals surface area contributed by atoms with E-state index in [0.717, 1.165) is 26.1 Å². The summed E-state index contributed by atoms with van der Waals surface area (Å²) in [6, 6.07) is 16.4. The van der Waals surface area contributed by atoms with Gasteiger partial charge in [-0.1, -0.05) is 30.3 Å². The number of carbonyl (C=O) groups excluding carboxylic acids is 1. The number of benzene rings is 1. The summed E-state index contributed by atoms with van der Waals surface area (Å²) in [5, 5.41) is 7.50. The van der Waals surface area contributed by atoms with E-state index in [0.29, 0.717) is 12.1 Å². The van der Waals surface area contributed by atoms with Gasteiger partial charge in [-0.15, -0.1) is 0 Å². The minimum Gasteiger partial charge on any atom is -0.352 e. The molecule has 0 aliphatic carbocycles. The van der Waals surface area contributed by atoms with E-state index in [9.17, 15) is 4.79 Å². The fourth-order valence-corrected chi connectivity index (χ4v) is 3.59. The predicted molar refractivity (Wildman–Crippen MR) is 103 cm³/mol. The molecule has 6 heteroatoms. The minimum absolute atomic E-state index is 0.0826. The quantitative estimate of drug-likeness (QED) is 0.733. The molecule has 138 valence electrons. The summed E-state index contributed by atoms with van der Waals surface area (Å²) < 4.78 is 2.11. The normalized spacial score (nSPS) is 16.7. The maximum absolute atomic E-state index is 12.2. The van der Waals surface area contributed by atoms with E-state index in [1.165, 1.54) is 11.3 Å². The number of fused-ring (bicyclic) bond motifs is 1. The van der Waals surface area contributed by atoms with Crippen LogP contribution in [-0.2, 0) is 13.1 Å². The van der Waals surface area contributed by atoms with E-state index < -0.39 is 0 Å². The van der Waals surface area contributed by atoms with Gasteiger partial charge in [-0.2, -0.15) is 5.10 Å². The molecule has 4 rings (SSSR count). The van der Waals surface area contributed by atoms with Crippen LogP contribution >= 0.6 is 0 Å². The van der Waals surface area contributed by atoms with Gasteiger partial charge in [-0.3, -0.25) is 19.4 Å². The van der Waals surface area contributed by atoms with Crippen molar-refractivity contribution in [1.82, 2.24) is 25.0 Å². The van der Waals surface area contributed by atoms with Crippen LogP contribution in [0.15, 0.2) is 67.1 Å². The zero-order valence-corrected chi connectivity index (χ0v) is 15.2. The zero-order chi connectivity index (χ0) is 18.5. The molecule has 0 saturated carbocycles. The Bertz CT molecular complexity index is 878. The van der Waals surface area contributed by atoms with Crippen LogP contribution in [0.25, 0.3) is 0 Å². The van der Waals surface area contributed by atoms with E-state index in [2.05, 4.69) is 55.3 Å². The molecule has 1 aliphatic rings. The number of hydrogen-bond acceptors (Lipinski definition) is 4. The first-order valence-corrected chi connectivity index (χ1v) is 9.26. The Kier molecular flexibility index (Phi) is 5.25. The summed E-state index contributed by atoms with van der Waals surface area (Å²) in [5.41, 5.74) is 3.13. The molecule has 0 spiro atoms. The predicted octanol–water partition coefficient (Wildman–Crippen LogP) is 2.66. The van der Waals surface area contributed by atoms with Gasteiger partial charge in [0.05, 0.1) is 17.3 Å². The molecule has 0 saturated heterocycles. The smallest absolute Gasteiger partial charge is 0.252 e. The van der Waals surface area contributed by atoms with Crippen LogP contribution in [0.2, 0.25) is 0 Å². The molecule has 1 aliphatic heterocycles. The molecule has 3 heterocycles. The topological polar surface area (TPSA) is 63.1 Å². The molecule has 0 radical (unpaired) electrons. The molecule has 1 amide bonds. The Morgan fingerprint density at radius 1 is 1.11 bits per heavy atom. The molecule has 0 fully saturated rings. The van der Waals surface area contributed by atoms with E-state index in [4.69, 9.17) is 0 Å². The van der Waals surface area contributed by atoms with Crippen molar-refractivity contribution in [3.8, 4) is 0 Å². The molecule has 0 bridgehead atoms. The molecule has 6 nitrogen and oxygen atoms in total. The summed E-state index contributed by atoms with van der Waals surface area (Å²) >= 11 is 0. The van der Waals surface area contributed by atoms with Gasteiger partial charge < -0.3 is 5.32 Å². The van der Waals surface area contributed by atoms with Gasteiger partial charge in [0.25, 0.3) is 5.91 Å². The molecule has 2 aromatic heterocycles. The van der Waals surface area contributed by atoms with Crippen molar-refractivity contribution in [3.63, 3.8) is 0 Å². The Hall–Kier alpha value is -2.99. The fourth-order valence-electron chi connectivity index (χ4n) is 3.59. The second-order valence-electron chi connectivity index (χ2n) is 6.86. The number of pyridine rings is 1. The highest BCUT2D eigenvalue weighted by atomic mass is 16.1.